The van der Waals surface area contributed by atoms with Crippen LogP contribution < -0.4 is 0 Å². The molecule has 0 aliphatic rings. The van der Waals surface area contributed by atoms with Crippen molar-refractivity contribution in [2.75, 3.05) is 5.75 Å². The molecule has 0 saturated heterocycles. The Morgan fingerprint density at radius 2 is 2.13 bits per heavy atom. The molecule has 0 aliphatic heterocycles. The van der Waals surface area contributed by atoms with Gasteiger partial charge in [0.1, 0.15) is 0 Å². The molecule has 1 heterocycles. The number of H-pyrrole nitrogens is 1. The van der Waals surface area contributed by atoms with Crippen LogP contribution >= 0.6 is 11.8 Å². The maximum atomic E-state index is 8.44. The standard InChI is InChI=1S/C11H9N3S/c12-6-7-15-11-13-8-10(14-11)9-4-2-1-3-5-9/h1-5,8H,7H2,(H,13,14). The quantitative estimate of drug-likeness (QED) is 0.801. The van der Waals surface area contributed by atoms with Crippen LogP contribution in [0.4, 0.5) is 0 Å². The van der Waals surface area contributed by atoms with Gasteiger partial charge in [-0.1, -0.05) is 42.1 Å². The summed E-state index contributed by atoms with van der Waals surface area (Å²) in [5.41, 5.74) is 2.09. The molecular formula is C11H9N3S. The van der Waals surface area contributed by atoms with E-state index in [0.717, 1.165) is 16.4 Å². The first-order valence-corrected chi connectivity index (χ1v) is 5.49. The monoisotopic (exact) mass is 215 g/mol. The Labute approximate surface area is 92.2 Å². The van der Waals surface area contributed by atoms with Gasteiger partial charge in [0.15, 0.2) is 5.16 Å². The smallest absolute Gasteiger partial charge is 0.166 e. The Balaban J connectivity index is 2.18. The number of hydrogen-bond acceptors (Lipinski definition) is 3. The predicted molar refractivity (Wildman–Crippen MR) is 60.4 cm³/mol. The van der Waals surface area contributed by atoms with Crippen LogP contribution in [0, 0.1) is 11.3 Å². The molecule has 4 heteroatoms. The molecule has 1 aromatic carbocycles. The third kappa shape index (κ3) is 2.39. The molecule has 0 saturated carbocycles. The van der Waals surface area contributed by atoms with Crippen LogP contribution in [0.25, 0.3) is 11.3 Å². The van der Waals surface area contributed by atoms with Gasteiger partial charge in [-0.15, -0.1) is 0 Å². The first-order chi connectivity index (χ1) is 7.40. The van der Waals surface area contributed by atoms with E-state index in [-0.39, 0.29) is 0 Å². The van der Waals surface area contributed by atoms with Crippen molar-refractivity contribution >= 4 is 11.8 Å². The number of hydrogen-bond donors (Lipinski definition) is 1. The van der Waals surface area contributed by atoms with Crippen molar-refractivity contribution in [3.8, 4) is 17.3 Å². The molecular weight excluding hydrogens is 206 g/mol. The topological polar surface area (TPSA) is 52.5 Å². The SMILES string of the molecule is N#CCSc1ncc(-c2ccccc2)[nH]1. The lowest BCUT2D eigenvalue weighted by Gasteiger charge is -1.94. The zero-order valence-corrected chi connectivity index (χ0v) is 8.79. The molecule has 0 spiro atoms. The third-order valence-corrected chi connectivity index (χ3v) is 2.67. The lowest BCUT2D eigenvalue weighted by Crippen LogP contribution is -1.78. The van der Waals surface area contributed by atoms with Gasteiger partial charge in [-0.05, 0) is 5.56 Å². The van der Waals surface area contributed by atoms with Crippen LogP contribution in [0.5, 0.6) is 0 Å². The summed E-state index contributed by atoms with van der Waals surface area (Å²) in [5, 5.41) is 9.23. The molecule has 0 bridgehead atoms. The average molecular weight is 215 g/mol. The first-order valence-electron chi connectivity index (χ1n) is 4.50. The highest BCUT2D eigenvalue weighted by Crippen LogP contribution is 2.20. The van der Waals surface area contributed by atoms with Gasteiger partial charge in [0.05, 0.1) is 23.7 Å². The van der Waals surface area contributed by atoms with Gasteiger partial charge in [0.25, 0.3) is 0 Å². The first kappa shape index (κ1) is 9.81. The Morgan fingerprint density at radius 3 is 2.87 bits per heavy atom. The summed E-state index contributed by atoms with van der Waals surface area (Å²) in [6, 6.07) is 12.1. The molecule has 15 heavy (non-hydrogen) atoms. The number of imidazole rings is 1. The van der Waals surface area contributed by atoms with Crippen molar-refractivity contribution < 1.29 is 0 Å². The minimum Gasteiger partial charge on any atom is -0.333 e. The number of rotatable bonds is 3. The Kier molecular flexibility index (Phi) is 3.05. The lowest BCUT2D eigenvalue weighted by molar-refractivity contribution is 1.06. The van der Waals surface area contributed by atoms with Gasteiger partial charge in [-0.3, -0.25) is 0 Å². The van der Waals surface area contributed by atoms with E-state index in [1.54, 1.807) is 6.20 Å². The van der Waals surface area contributed by atoms with E-state index < -0.39 is 0 Å². The van der Waals surface area contributed by atoms with Crippen LogP contribution in [-0.2, 0) is 0 Å². The predicted octanol–water partition coefficient (Wildman–Crippen LogP) is 2.69. The second-order valence-corrected chi connectivity index (χ2v) is 3.88. The molecule has 2 rings (SSSR count). The maximum absolute atomic E-state index is 8.44. The third-order valence-electron chi connectivity index (χ3n) is 1.91. The van der Waals surface area contributed by atoms with Crippen molar-refractivity contribution in [1.29, 1.82) is 5.26 Å². The number of aromatic amines is 1. The van der Waals surface area contributed by atoms with Gasteiger partial charge >= 0.3 is 0 Å². The van der Waals surface area contributed by atoms with Gasteiger partial charge < -0.3 is 4.98 Å². The summed E-state index contributed by atoms with van der Waals surface area (Å²) in [6.45, 7) is 0. The summed E-state index contributed by atoms with van der Waals surface area (Å²) < 4.78 is 0. The molecule has 0 atom stereocenters. The van der Waals surface area contributed by atoms with Crippen molar-refractivity contribution in [2.24, 2.45) is 0 Å². The van der Waals surface area contributed by atoms with Gasteiger partial charge in [-0.25, -0.2) is 4.98 Å². The van der Waals surface area contributed by atoms with E-state index in [4.69, 9.17) is 5.26 Å². The molecule has 1 N–H and O–H groups in total. The second kappa shape index (κ2) is 4.67. The number of nitrogens with one attached hydrogen (secondary N) is 1. The molecule has 2 aromatic rings. The lowest BCUT2D eigenvalue weighted by atomic mass is 10.2. The second-order valence-electron chi connectivity index (χ2n) is 2.91. The van der Waals surface area contributed by atoms with E-state index in [9.17, 15) is 0 Å². The highest BCUT2D eigenvalue weighted by atomic mass is 32.2. The molecule has 3 nitrogen and oxygen atoms in total. The molecule has 1 aromatic heterocycles. The van der Waals surface area contributed by atoms with Crippen molar-refractivity contribution in [3.63, 3.8) is 0 Å². The van der Waals surface area contributed by atoms with Crippen LogP contribution in [0.1, 0.15) is 0 Å². The largest absolute Gasteiger partial charge is 0.333 e. The molecule has 0 fully saturated rings. The summed E-state index contributed by atoms with van der Waals surface area (Å²) in [5.74, 6) is 0.418. The highest BCUT2D eigenvalue weighted by Gasteiger charge is 2.02. The Bertz CT molecular complexity index is 470. The Hall–Kier alpha value is -1.73. The normalized spacial score (nSPS) is 9.80. The fraction of sp³-hybridized carbons (Fsp3) is 0.0909. The van der Waals surface area contributed by atoms with Crippen molar-refractivity contribution in [2.45, 2.75) is 5.16 Å². The molecule has 0 unspecified atom stereocenters. The molecule has 74 valence electrons. The zero-order chi connectivity index (χ0) is 10.5. The molecule has 0 amide bonds. The van der Waals surface area contributed by atoms with Gasteiger partial charge in [-0.2, -0.15) is 5.26 Å². The van der Waals surface area contributed by atoms with Crippen LogP contribution in [0.2, 0.25) is 0 Å². The van der Waals surface area contributed by atoms with E-state index in [0.29, 0.717) is 5.75 Å². The van der Waals surface area contributed by atoms with Crippen molar-refractivity contribution in [3.05, 3.63) is 36.5 Å². The minimum absolute atomic E-state index is 0.418. The summed E-state index contributed by atoms with van der Waals surface area (Å²) in [7, 11) is 0. The highest BCUT2D eigenvalue weighted by molar-refractivity contribution is 7.99. The maximum Gasteiger partial charge on any atom is 0.166 e. The fourth-order valence-corrected chi connectivity index (χ4v) is 1.75. The zero-order valence-electron chi connectivity index (χ0n) is 7.97. The Morgan fingerprint density at radius 1 is 1.33 bits per heavy atom. The summed E-state index contributed by atoms with van der Waals surface area (Å²) in [4.78, 5) is 7.35. The number of thioether (sulfide) groups is 1. The van der Waals surface area contributed by atoms with Gasteiger partial charge in [0.2, 0.25) is 0 Å². The van der Waals surface area contributed by atoms with Crippen molar-refractivity contribution in [1.82, 2.24) is 9.97 Å². The number of nitrogens with zero attached hydrogens (tertiary/aromatic N) is 2. The molecule has 0 aliphatic carbocycles. The van der Waals surface area contributed by atoms with E-state index >= 15 is 0 Å². The fourth-order valence-electron chi connectivity index (χ4n) is 1.24. The van der Waals surface area contributed by atoms with Crippen LogP contribution in [-0.4, -0.2) is 15.7 Å². The van der Waals surface area contributed by atoms with Crippen LogP contribution in [0.3, 0.4) is 0 Å². The number of aromatic nitrogens is 2. The molecule has 0 radical (unpaired) electrons. The number of benzene rings is 1. The van der Waals surface area contributed by atoms with Crippen LogP contribution in [0.15, 0.2) is 41.7 Å². The minimum atomic E-state index is 0.418. The van der Waals surface area contributed by atoms with E-state index in [1.165, 1.54) is 11.8 Å². The average Bonchev–Trinajstić information content (AvgIpc) is 2.76. The summed E-state index contributed by atoms with van der Waals surface area (Å²) >= 11 is 1.41. The van der Waals surface area contributed by atoms with E-state index in [2.05, 4.69) is 16.0 Å². The summed E-state index contributed by atoms with van der Waals surface area (Å²) in [6.07, 6.45) is 1.79. The number of nitriles is 1. The van der Waals surface area contributed by atoms with E-state index in [1.807, 2.05) is 30.3 Å². The van der Waals surface area contributed by atoms with Gasteiger partial charge in [0, 0.05) is 0 Å².